The summed E-state index contributed by atoms with van der Waals surface area (Å²) in [6.45, 7) is 2.52. The maximum Gasteiger partial charge on any atom is 0.126 e. The maximum atomic E-state index is 13.6. The van der Waals surface area contributed by atoms with Crippen LogP contribution in [-0.4, -0.2) is 20.8 Å². The molecule has 0 radical (unpaired) electrons. The van der Waals surface area contributed by atoms with Crippen molar-refractivity contribution in [1.29, 1.82) is 0 Å². The summed E-state index contributed by atoms with van der Waals surface area (Å²) in [5.41, 5.74) is 1.59. The van der Waals surface area contributed by atoms with Crippen molar-refractivity contribution in [2.45, 2.75) is 32.0 Å². The average Bonchev–Trinajstić information content (AvgIpc) is 2.90. The molecule has 1 aliphatic rings. The van der Waals surface area contributed by atoms with Gasteiger partial charge in [-0.2, -0.15) is 0 Å². The Bertz CT molecular complexity index is 415. The number of rotatable bonds is 4. The molecule has 1 fully saturated rings. The Labute approximate surface area is 107 Å². The normalized spacial score (nSPS) is 20.8. The molecule has 18 heavy (non-hydrogen) atoms. The average molecular weight is 253 g/mol. The van der Waals surface area contributed by atoms with Crippen LogP contribution in [0, 0.1) is 0 Å². The van der Waals surface area contributed by atoms with Gasteiger partial charge in [0.1, 0.15) is 17.7 Å². The van der Waals surface area contributed by atoms with E-state index in [9.17, 15) is 4.39 Å². The van der Waals surface area contributed by atoms with Crippen molar-refractivity contribution in [3.05, 3.63) is 23.3 Å². The van der Waals surface area contributed by atoms with E-state index in [0.717, 1.165) is 30.7 Å². The van der Waals surface area contributed by atoms with Crippen LogP contribution in [0.25, 0.3) is 0 Å². The zero-order chi connectivity index (χ0) is 13.1. The zero-order valence-electron chi connectivity index (χ0n) is 11.1. The number of ether oxygens (including phenoxy) is 2. The van der Waals surface area contributed by atoms with Crippen LogP contribution in [0.15, 0.2) is 12.1 Å². The van der Waals surface area contributed by atoms with Crippen LogP contribution < -0.4 is 14.8 Å². The van der Waals surface area contributed by atoms with Gasteiger partial charge in [0.15, 0.2) is 0 Å². The largest absolute Gasteiger partial charge is 0.496 e. The van der Waals surface area contributed by atoms with Gasteiger partial charge in [-0.05, 0) is 38.4 Å². The van der Waals surface area contributed by atoms with Crippen LogP contribution in [0.4, 0.5) is 4.39 Å². The summed E-state index contributed by atoms with van der Waals surface area (Å²) in [6, 6.07) is 3.92. The van der Waals surface area contributed by atoms with Crippen LogP contribution in [0.1, 0.15) is 43.1 Å². The predicted octanol–water partition coefficient (Wildman–Crippen LogP) is 3.16. The smallest absolute Gasteiger partial charge is 0.126 e. The summed E-state index contributed by atoms with van der Waals surface area (Å²) < 4.78 is 24.2. The van der Waals surface area contributed by atoms with Gasteiger partial charge in [0.2, 0.25) is 0 Å². The molecule has 100 valence electrons. The molecule has 0 aromatic heterocycles. The highest BCUT2D eigenvalue weighted by Gasteiger charge is 2.23. The second kappa shape index (κ2) is 5.57. The standard InChI is InChI=1S/C14H20FNO2/c1-9(15)10-7-14(18-3)11(8-13(10)17-2)12-5-4-6-16-12/h7-9,12,16H,4-6H2,1-3H3. The Hall–Kier alpha value is -1.29. The first kappa shape index (κ1) is 13.1. The van der Waals surface area contributed by atoms with E-state index in [1.807, 2.05) is 6.07 Å². The minimum Gasteiger partial charge on any atom is -0.496 e. The number of methoxy groups -OCH3 is 2. The molecule has 1 aliphatic heterocycles. The molecule has 3 nitrogen and oxygen atoms in total. The third-order valence-corrected chi connectivity index (χ3v) is 3.45. The highest BCUT2D eigenvalue weighted by molar-refractivity contribution is 5.49. The number of halogens is 1. The molecule has 0 spiro atoms. The van der Waals surface area contributed by atoms with Crippen LogP contribution in [0.5, 0.6) is 11.5 Å². The topological polar surface area (TPSA) is 30.5 Å². The molecule has 2 unspecified atom stereocenters. The molecule has 2 rings (SSSR count). The van der Waals surface area contributed by atoms with Gasteiger partial charge in [-0.1, -0.05) is 0 Å². The van der Waals surface area contributed by atoms with E-state index in [1.165, 1.54) is 6.92 Å². The van der Waals surface area contributed by atoms with Gasteiger partial charge in [-0.3, -0.25) is 0 Å². The minimum atomic E-state index is -1.07. The Kier molecular flexibility index (Phi) is 4.07. The van der Waals surface area contributed by atoms with Gasteiger partial charge >= 0.3 is 0 Å². The van der Waals surface area contributed by atoms with E-state index in [4.69, 9.17) is 9.47 Å². The van der Waals surface area contributed by atoms with Gasteiger partial charge in [0.25, 0.3) is 0 Å². The van der Waals surface area contributed by atoms with Crippen molar-refractivity contribution in [3.8, 4) is 11.5 Å². The third-order valence-electron chi connectivity index (χ3n) is 3.45. The third kappa shape index (κ3) is 2.43. The number of alkyl halides is 1. The molecule has 0 aliphatic carbocycles. The first-order chi connectivity index (χ1) is 8.67. The van der Waals surface area contributed by atoms with E-state index in [0.29, 0.717) is 11.3 Å². The summed E-state index contributed by atoms with van der Waals surface area (Å²) in [6.07, 6.45) is 1.15. The zero-order valence-corrected chi connectivity index (χ0v) is 11.1. The Morgan fingerprint density at radius 2 is 2.00 bits per heavy atom. The van der Waals surface area contributed by atoms with Gasteiger partial charge < -0.3 is 14.8 Å². The second-order valence-corrected chi connectivity index (χ2v) is 4.60. The molecule has 2 atom stereocenters. The fraction of sp³-hybridized carbons (Fsp3) is 0.571. The summed E-state index contributed by atoms with van der Waals surface area (Å²) in [7, 11) is 3.19. The SMILES string of the molecule is COc1cc(C2CCCN2)c(OC)cc1C(C)F. The van der Waals surface area contributed by atoms with Gasteiger partial charge in [-0.15, -0.1) is 0 Å². The van der Waals surface area contributed by atoms with Crippen molar-refractivity contribution in [2.24, 2.45) is 0 Å². The minimum absolute atomic E-state index is 0.276. The van der Waals surface area contributed by atoms with Gasteiger partial charge in [0, 0.05) is 17.2 Å². The van der Waals surface area contributed by atoms with Crippen molar-refractivity contribution in [1.82, 2.24) is 5.32 Å². The van der Waals surface area contributed by atoms with Crippen molar-refractivity contribution in [3.63, 3.8) is 0 Å². The quantitative estimate of drug-likeness (QED) is 0.894. The number of nitrogens with one attached hydrogen (secondary N) is 1. The van der Waals surface area contributed by atoms with Crippen LogP contribution in [0.2, 0.25) is 0 Å². The summed E-state index contributed by atoms with van der Waals surface area (Å²) >= 11 is 0. The Morgan fingerprint density at radius 3 is 2.50 bits per heavy atom. The number of benzene rings is 1. The Morgan fingerprint density at radius 1 is 1.28 bits per heavy atom. The predicted molar refractivity (Wildman–Crippen MR) is 69.0 cm³/mol. The molecule has 0 bridgehead atoms. The molecule has 1 N–H and O–H groups in total. The summed E-state index contributed by atoms with van der Waals surface area (Å²) in [5.74, 6) is 1.32. The van der Waals surface area contributed by atoms with Gasteiger partial charge in [-0.25, -0.2) is 4.39 Å². The van der Waals surface area contributed by atoms with E-state index >= 15 is 0 Å². The lowest BCUT2D eigenvalue weighted by Gasteiger charge is -2.19. The second-order valence-electron chi connectivity index (χ2n) is 4.60. The van der Waals surface area contributed by atoms with Crippen LogP contribution >= 0.6 is 0 Å². The highest BCUT2D eigenvalue weighted by Crippen LogP contribution is 2.38. The lowest BCUT2D eigenvalue weighted by molar-refractivity contribution is 0.340. The van der Waals surface area contributed by atoms with Crippen molar-refractivity contribution < 1.29 is 13.9 Å². The lowest BCUT2D eigenvalue weighted by Crippen LogP contribution is -2.14. The monoisotopic (exact) mass is 253 g/mol. The summed E-state index contributed by atoms with van der Waals surface area (Å²) in [4.78, 5) is 0. The maximum absolute atomic E-state index is 13.6. The fourth-order valence-electron chi connectivity index (χ4n) is 2.48. The van der Waals surface area contributed by atoms with E-state index in [2.05, 4.69) is 5.32 Å². The molecule has 0 amide bonds. The molecule has 1 saturated heterocycles. The number of hydrogen-bond donors (Lipinski definition) is 1. The van der Waals surface area contributed by atoms with Crippen LogP contribution in [0.3, 0.4) is 0 Å². The molecule has 0 saturated carbocycles. The molecular weight excluding hydrogens is 233 g/mol. The molecule has 4 heteroatoms. The summed E-state index contributed by atoms with van der Waals surface area (Å²) in [5, 5.41) is 3.42. The van der Waals surface area contributed by atoms with E-state index in [1.54, 1.807) is 20.3 Å². The molecular formula is C14H20FNO2. The fourth-order valence-corrected chi connectivity index (χ4v) is 2.48. The Balaban J connectivity index is 2.45. The molecule has 1 aromatic carbocycles. The highest BCUT2D eigenvalue weighted by atomic mass is 19.1. The molecule has 1 heterocycles. The first-order valence-electron chi connectivity index (χ1n) is 6.30. The van der Waals surface area contributed by atoms with E-state index in [-0.39, 0.29) is 6.04 Å². The molecule has 1 aromatic rings. The number of hydrogen-bond acceptors (Lipinski definition) is 3. The van der Waals surface area contributed by atoms with E-state index < -0.39 is 6.17 Å². The van der Waals surface area contributed by atoms with Gasteiger partial charge in [0.05, 0.1) is 14.2 Å². The van der Waals surface area contributed by atoms with Crippen LogP contribution in [-0.2, 0) is 0 Å². The first-order valence-corrected chi connectivity index (χ1v) is 6.30. The van der Waals surface area contributed by atoms with Crippen molar-refractivity contribution >= 4 is 0 Å². The lowest BCUT2D eigenvalue weighted by atomic mass is 9.99. The van der Waals surface area contributed by atoms with Crippen molar-refractivity contribution in [2.75, 3.05) is 20.8 Å².